The fourth-order valence-electron chi connectivity index (χ4n) is 2.96. The van der Waals surface area contributed by atoms with E-state index in [1.54, 1.807) is 4.90 Å². The highest BCUT2D eigenvalue weighted by atomic mass is 16.2. The Labute approximate surface area is 124 Å². The maximum atomic E-state index is 12.9. The first-order chi connectivity index (χ1) is 10.2. The summed E-state index contributed by atoms with van der Waals surface area (Å²) in [6.45, 7) is 2.03. The predicted molar refractivity (Wildman–Crippen MR) is 81.9 cm³/mol. The molecule has 1 aliphatic heterocycles. The van der Waals surface area contributed by atoms with Gasteiger partial charge < -0.3 is 4.90 Å². The van der Waals surface area contributed by atoms with Crippen molar-refractivity contribution in [1.82, 2.24) is 0 Å². The van der Waals surface area contributed by atoms with E-state index in [-0.39, 0.29) is 11.9 Å². The number of hydrogen-bond acceptors (Lipinski definition) is 2. The van der Waals surface area contributed by atoms with E-state index in [1.807, 2.05) is 61.5 Å². The number of amides is 1. The van der Waals surface area contributed by atoms with Crippen molar-refractivity contribution in [3.8, 4) is 6.07 Å². The minimum Gasteiger partial charge on any atom is -0.308 e. The lowest BCUT2D eigenvalue weighted by Crippen LogP contribution is -2.38. The number of carbonyl (C=O) groups excluding carboxylic acids is 1. The SMILES string of the molecule is CC1Cc2ccccc2N1C(=O)C(C#N)c1ccccc1. The zero-order chi connectivity index (χ0) is 14.8. The molecule has 2 aromatic rings. The Morgan fingerprint density at radius 2 is 1.86 bits per heavy atom. The van der Waals surface area contributed by atoms with Gasteiger partial charge in [-0.2, -0.15) is 5.26 Å². The lowest BCUT2D eigenvalue weighted by Gasteiger charge is -2.25. The fourth-order valence-corrected chi connectivity index (χ4v) is 2.96. The molecule has 0 saturated heterocycles. The van der Waals surface area contributed by atoms with Crippen molar-refractivity contribution in [2.45, 2.75) is 25.3 Å². The van der Waals surface area contributed by atoms with Gasteiger partial charge in [-0.05, 0) is 30.5 Å². The molecule has 104 valence electrons. The van der Waals surface area contributed by atoms with Crippen LogP contribution in [0.4, 0.5) is 5.69 Å². The van der Waals surface area contributed by atoms with Crippen LogP contribution < -0.4 is 4.90 Å². The molecule has 0 aromatic heterocycles. The number of nitrogens with zero attached hydrogens (tertiary/aromatic N) is 2. The van der Waals surface area contributed by atoms with E-state index in [1.165, 1.54) is 5.56 Å². The van der Waals surface area contributed by atoms with Crippen LogP contribution in [0.2, 0.25) is 0 Å². The van der Waals surface area contributed by atoms with Crippen LogP contribution in [-0.4, -0.2) is 11.9 Å². The minimum atomic E-state index is -0.750. The zero-order valence-electron chi connectivity index (χ0n) is 11.9. The molecule has 2 unspecified atom stereocenters. The van der Waals surface area contributed by atoms with Gasteiger partial charge in [0.05, 0.1) is 6.07 Å². The molecule has 0 bridgehead atoms. The van der Waals surface area contributed by atoms with E-state index in [0.717, 1.165) is 17.7 Å². The Morgan fingerprint density at radius 1 is 1.19 bits per heavy atom. The monoisotopic (exact) mass is 276 g/mol. The number of fused-ring (bicyclic) bond motifs is 1. The smallest absolute Gasteiger partial charge is 0.249 e. The van der Waals surface area contributed by atoms with Gasteiger partial charge in [-0.25, -0.2) is 0 Å². The van der Waals surface area contributed by atoms with Crippen molar-refractivity contribution in [2.24, 2.45) is 0 Å². The Kier molecular flexibility index (Phi) is 3.45. The van der Waals surface area contributed by atoms with Crippen molar-refractivity contribution >= 4 is 11.6 Å². The molecule has 3 nitrogen and oxygen atoms in total. The van der Waals surface area contributed by atoms with Gasteiger partial charge >= 0.3 is 0 Å². The Balaban J connectivity index is 1.97. The third kappa shape index (κ3) is 2.30. The lowest BCUT2D eigenvalue weighted by atomic mass is 9.99. The Bertz CT molecular complexity index is 703. The maximum absolute atomic E-state index is 12.9. The summed E-state index contributed by atoms with van der Waals surface area (Å²) in [7, 11) is 0. The molecule has 0 fully saturated rings. The van der Waals surface area contributed by atoms with Gasteiger partial charge in [0, 0.05) is 11.7 Å². The standard InChI is InChI=1S/C18H16N2O/c1-13-11-15-9-5-6-10-17(15)20(13)18(21)16(12-19)14-7-3-2-4-8-14/h2-10,13,16H,11H2,1H3. The summed E-state index contributed by atoms with van der Waals surface area (Å²) >= 11 is 0. The van der Waals surface area contributed by atoms with Crippen LogP contribution in [0.1, 0.15) is 24.0 Å². The molecule has 0 aliphatic carbocycles. The van der Waals surface area contributed by atoms with Gasteiger partial charge in [0.15, 0.2) is 5.92 Å². The van der Waals surface area contributed by atoms with Crippen molar-refractivity contribution < 1.29 is 4.79 Å². The van der Waals surface area contributed by atoms with Crippen LogP contribution in [0.3, 0.4) is 0 Å². The first kappa shape index (κ1) is 13.4. The van der Waals surface area contributed by atoms with Gasteiger partial charge in [-0.15, -0.1) is 0 Å². The van der Waals surface area contributed by atoms with E-state index in [4.69, 9.17) is 0 Å². The highest BCUT2D eigenvalue weighted by Gasteiger charge is 2.35. The summed E-state index contributed by atoms with van der Waals surface area (Å²) in [6.07, 6.45) is 0.842. The quantitative estimate of drug-likeness (QED) is 0.845. The first-order valence-electron chi connectivity index (χ1n) is 7.08. The van der Waals surface area contributed by atoms with Crippen LogP contribution in [0.5, 0.6) is 0 Å². The fraction of sp³-hybridized carbons (Fsp3) is 0.222. The molecule has 3 heteroatoms. The Hall–Kier alpha value is -2.60. The summed E-state index contributed by atoms with van der Waals surface area (Å²) < 4.78 is 0. The van der Waals surface area contributed by atoms with Crippen molar-refractivity contribution in [2.75, 3.05) is 4.90 Å². The second kappa shape index (κ2) is 5.41. The Morgan fingerprint density at radius 3 is 2.57 bits per heavy atom. The number of nitriles is 1. The van der Waals surface area contributed by atoms with Gasteiger partial charge in [-0.1, -0.05) is 48.5 Å². The highest BCUT2D eigenvalue weighted by Crippen LogP contribution is 2.34. The van der Waals surface area contributed by atoms with E-state index >= 15 is 0 Å². The van der Waals surface area contributed by atoms with E-state index in [9.17, 15) is 10.1 Å². The summed E-state index contributed by atoms with van der Waals surface area (Å²) in [5, 5.41) is 9.45. The molecule has 2 aromatic carbocycles. The lowest BCUT2D eigenvalue weighted by molar-refractivity contribution is -0.119. The molecule has 0 radical (unpaired) electrons. The summed E-state index contributed by atoms with van der Waals surface area (Å²) in [6, 6.07) is 19.4. The van der Waals surface area contributed by atoms with Gasteiger partial charge in [0.25, 0.3) is 0 Å². The van der Waals surface area contributed by atoms with E-state index < -0.39 is 5.92 Å². The number of para-hydroxylation sites is 1. The molecular weight excluding hydrogens is 260 g/mol. The minimum absolute atomic E-state index is 0.0921. The average molecular weight is 276 g/mol. The highest BCUT2D eigenvalue weighted by molar-refractivity contribution is 6.02. The molecule has 1 aliphatic rings. The topological polar surface area (TPSA) is 44.1 Å². The van der Waals surface area contributed by atoms with Crippen LogP contribution in [0.15, 0.2) is 54.6 Å². The molecule has 2 atom stereocenters. The second-order valence-corrected chi connectivity index (χ2v) is 5.36. The molecule has 21 heavy (non-hydrogen) atoms. The van der Waals surface area contributed by atoms with Crippen LogP contribution >= 0.6 is 0 Å². The molecule has 1 amide bonds. The maximum Gasteiger partial charge on any atom is 0.249 e. The van der Waals surface area contributed by atoms with E-state index in [2.05, 4.69) is 6.07 Å². The van der Waals surface area contributed by atoms with Crippen molar-refractivity contribution in [3.63, 3.8) is 0 Å². The summed E-state index contributed by atoms with van der Waals surface area (Å²) in [5.41, 5.74) is 2.86. The largest absolute Gasteiger partial charge is 0.308 e. The molecule has 0 N–H and O–H groups in total. The molecule has 1 heterocycles. The van der Waals surface area contributed by atoms with Gasteiger partial charge in [0.2, 0.25) is 5.91 Å². The zero-order valence-corrected chi connectivity index (χ0v) is 11.9. The number of hydrogen-bond donors (Lipinski definition) is 0. The number of benzene rings is 2. The summed E-state index contributed by atoms with van der Waals surface area (Å²) in [5.74, 6) is -0.888. The molecular formula is C18H16N2O. The van der Waals surface area contributed by atoms with Gasteiger partial charge in [0.1, 0.15) is 0 Å². The number of carbonyl (C=O) groups is 1. The van der Waals surface area contributed by atoms with Crippen LogP contribution in [0, 0.1) is 11.3 Å². The number of rotatable bonds is 2. The summed E-state index contributed by atoms with van der Waals surface area (Å²) in [4.78, 5) is 14.6. The van der Waals surface area contributed by atoms with Crippen molar-refractivity contribution in [3.05, 3.63) is 65.7 Å². The van der Waals surface area contributed by atoms with Gasteiger partial charge in [-0.3, -0.25) is 4.79 Å². The number of anilines is 1. The molecule has 0 saturated carbocycles. The van der Waals surface area contributed by atoms with Crippen LogP contribution in [-0.2, 0) is 11.2 Å². The molecule has 0 spiro atoms. The average Bonchev–Trinajstić information content (AvgIpc) is 2.84. The first-order valence-corrected chi connectivity index (χ1v) is 7.08. The second-order valence-electron chi connectivity index (χ2n) is 5.36. The van der Waals surface area contributed by atoms with E-state index in [0.29, 0.717) is 0 Å². The predicted octanol–water partition coefficient (Wildman–Crippen LogP) is 3.27. The van der Waals surface area contributed by atoms with Crippen molar-refractivity contribution in [1.29, 1.82) is 5.26 Å². The normalized spacial score (nSPS) is 17.9. The third-order valence-corrected chi connectivity index (χ3v) is 3.95. The molecule has 3 rings (SSSR count). The third-order valence-electron chi connectivity index (χ3n) is 3.95. The van der Waals surface area contributed by atoms with Crippen LogP contribution in [0.25, 0.3) is 0 Å².